The summed E-state index contributed by atoms with van der Waals surface area (Å²) >= 11 is 0. The number of hydrogen-bond donors (Lipinski definition) is 1. The first-order valence-corrected chi connectivity index (χ1v) is 9.97. The third-order valence-corrected chi connectivity index (χ3v) is 5.35. The molecule has 0 bridgehead atoms. The fraction of sp³-hybridized carbons (Fsp3) is 0.250. The van der Waals surface area contributed by atoms with Crippen LogP contribution < -0.4 is 5.32 Å². The van der Waals surface area contributed by atoms with Crippen LogP contribution in [0.15, 0.2) is 66.9 Å². The van der Waals surface area contributed by atoms with Crippen LogP contribution >= 0.6 is 0 Å². The zero-order valence-corrected chi connectivity index (χ0v) is 17.3. The van der Waals surface area contributed by atoms with E-state index >= 15 is 0 Å². The van der Waals surface area contributed by atoms with Gasteiger partial charge >= 0.3 is 0 Å². The van der Waals surface area contributed by atoms with Crippen molar-refractivity contribution < 1.29 is 0 Å². The molecule has 2 aromatic carbocycles. The fourth-order valence-electron chi connectivity index (χ4n) is 3.68. The fourth-order valence-corrected chi connectivity index (χ4v) is 3.68. The molecule has 0 unspecified atom stereocenters. The van der Waals surface area contributed by atoms with Crippen molar-refractivity contribution in [1.29, 1.82) is 0 Å². The van der Waals surface area contributed by atoms with Crippen molar-refractivity contribution in [2.24, 2.45) is 7.05 Å². The molecule has 0 fully saturated rings. The number of nitrogens with zero attached hydrogens (tertiary/aromatic N) is 4. The van der Waals surface area contributed by atoms with Gasteiger partial charge in [-0.2, -0.15) is 10.2 Å². The Labute approximate surface area is 172 Å². The van der Waals surface area contributed by atoms with Crippen molar-refractivity contribution in [3.63, 3.8) is 0 Å². The number of aryl methyl sites for hydroxylation is 2. The topological polar surface area (TPSA) is 47.7 Å². The molecular weight excluding hydrogens is 358 g/mol. The summed E-state index contributed by atoms with van der Waals surface area (Å²) in [6.07, 6.45) is 2.16. The van der Waals surface area contributed by atoms with Crippen molar-refractivity contribution in [3.05, 3.63) is 94.9 Å². The summed E-state index contributed by atoms with van der Waals surface area (Å²) in [6, 6.07) is 20.8. The molecular formula is C24H27N5. The molecule has 0 atom stereocenters. The second-order valence-corrected chi connectivity index (χ2v) is 7.43. The Morgan fingerprint density at radius 3 is 2.21 bits per heavy atom. The lowest BCUT2D eigenvalue weighted by Gasteiger charge is -2.06. The highest BCUT2D eigenvalue weighted by molar-refractivity contribution is 5.62. The Morgan fingerprint density at radius 1 is 0.862 bits per heavy atom. The molecule has 2 heterocycles. The molecule has 4 rings (SSSR count). The van der Waals surface area contributed by atoms with E-state index in [0.29, 0.717) is 0 Å². The van der Waals surface area contributed by atoms with Crippen LogP contribution in [0.1, 0.15) is 28.1 Å². The van der Waals surface area contributed by atoms with E-state index in [-0.39, 0.29) is 0 Å². The number of rotatable bonds is 7. The van der Waals surface area contributed by atoms with Crippen LogP contribution in [0.2, 0.25) is 0 Å². The van der Waals surface area contributed by atoms with E-state index in [4.69, 9.17) is 5.10 Å². The Balaban J connectivity index is 1.55. The van der Waals surface area contributed by atoms with Crippen LogP contribution in [0.4, 0.5) is 0 Å². The lowest BCUT2D eigenvalue weighted by Crippen LogP contribution is -2.14. The normalized spacial score (nSPS) is 11.1. The van der Waals surface area contributed by atoms with Crippen molar-refractivity contribution in [1.82, 2.24) is 24.9 Å². The van der Waals surface area contributed by atoms with Crippen LogP contribution in [-0.4, -0.2) is 19.6 Å². The summed E-state index contributed by atoms with van der Waals surface area (Å²) in [5, 5.41) is 13.0. The van der Waals surface area contributed by atoms with Crippen LogP contribution in [0.5, 0.6) is 0 Å². The van der Waals surface area contributed by atoms with E-state index in [2.05, 4.69) is 79.0 Å². The minimum Gasteiger partial charge on any atom is -0.308 e. The maximum Gasteiger partial charge on any atom is 0.0968 e. The molecule has 0 radical (unpaired) electrons. The summed E-state index contributed by atoms with van der Waals surface area (Å²) in [4.78, 5) is 0. The molecule has 0 saturated heterocycles. The van der Waals surface area contributed by atoms with Crippen molar-refractivity contribution in [2.75, 3.05) is 0 Å². The molecule has 4 aromatic rings. The van der Waals surface area contributed by atoms with E-state index in [1.54, 1.807) is 0 Å². The van der Waals surface area contributed by atoms with E-state index in [1.165, 1.54) is 22.4 Å². The number of hydrogen-bond acceptors (Lipinski definition) is 3. The largest absolute Gasteiger partial charge is 0.308 e. The predicted molar refractivity (Wildman–Crippen MR) is 116 cm³/mol. The SMILES string of the molecule is Cc1nn(C)c(C)c1CNCc1cn(Cc2ccccc2)nc1-c1ccccc1. The van der Waals surface area contributed by atoms with E-state index in [1.807, 2.05) is 28.5 Å². The van der Waals surface area contributed by atoms with Crippen LogP contribution in [0.3, 0.4) is 0 Å². The summed E-state index contributed by atoms with van der Waals surface area (Å²) < 4.78 is 3.98. The number of nitrogens with one attached hydrogen (secondary N) is 1. The van der Waals surface area contributed by atoms with Crippen LogP contribution in [0.25, 0.3) is 11.3 Å². The monoisotopic (exact) mass is 385 g/mol. The van der Waals surface area contributed by atoms with Crippen molar-refractivity contribution >= 4 is 0 Å². The summed E-state index contributed by atoms with van der Waals surface area (Å²) in [6.45, 7) is 6.50. The molecule has 2 aromatic heterocycles. The van der Waals surface area contributed by atoms with Gasteiger partial charge in [0.15, 0.2) is 0 Å². The molecule has 0 aliphatic heterocycles. The van der Waals surface area contributed by atoms with E-state index in [9.17, 15) is 0 Å². The zero-order valence-electron chi connectivity index (χ0n) is 17.3. The first-order valence-electron chi connectivity index (χ1n) is 9.97. The summed E-state index contributed by atoms with van der Waals surface area (Å²) in [5.74, 6) is 0. The highest BCUT2D eigenvalue weighted by Crippen LogP contribution is 2.22. The van der Waals surface area contributed by atoms with Gasteiger partial charge in [0.05, 0.1) is 17.9 Å². The first kappa shape index (κ1) is 19.2. The first-order chi connectivity index (χ1) is 14.1. The van der Waals surface area contributed by atoms with Gasteiger partial charge in [0.25, 0.3) is 0 Å². The second-order valence-electron chi connectivity index (χ2n) is 7.43. The minimum absolute atomic E-state index is 0.757. The predicted octanol–water partition coefficient (Wildman–Crippen LogP) is 4.24. The molecule has 0 aliphatic carbocycles. The van der Waals surface area contributed by atoms with Gasteiger partial charge in [0, 0.05) is 48.7 Å². The average molecular weight is 386 g/mol. The van der Waals surface area contributed by atoms with Gasteiger partial charge < -0.3 is 5.32 Å². The maximum absolute atomic E-state index is 4.90. The molecule has 5 nitrogen and oxygen atoms in total. The third-order valence-electron chi connectivity index (χ3n) is 5.35. The molecule has 0 saturated carbocycles. The summed E-state index contributed by atoms with van der Waals surface area (Å²) in [7, 11) is 1.99. The smallest absolute Gasteiger partial charge is 0.0968 e. The minimum atomic E-state index is 0.757. The maximum atomic E-state index is 4.90. The van der Waals surface area contributed by atoms with Crippen LogP contribution in [-0.2, 0) is 26.7 Å². The summed E-state index contributed by atoms with van der Waals surface area (Å²) in [5.41, 5.74) is 8.18. The lowest BCUT2D eigenvalue weighted by atomic mass is 10.1. The van der Waals surface area contributed by atoms with Gasteiger partial charge in [0.1, 0.15) is 0 Å². The van der Waals surface area contributed by atoms with Gasteiger partial charge in [-0.3, -0.25) is 9.36 Å². The van der Waals surface area contributed by atoms with Crippen molar-refractivity contribution in [2.45, 2.75) is 33.5 Å². The Bertz CT molecular complexity index is 1080. The highest BCUT2D eigenvalue weighted by Gasteiger charge is 2.13. The van der Waals surface area contributed by atoms with E-state index < -0.39 is 0 Å². The van der Waals surface area contributed by atoms with Crippen molar-refractivity contribution in [3.8, 4) is 11.3 Å². The molecule has 148 valence electrons. The molecule has 29 heavy (non-hydrogen) atoms. The number of aromatic nitrogens is 4. The zero-order chi connectivity index (χ0) is 20.2. The molecule has 0 aliphatic rings. The second kappa shape index (κ2) is 8.45. The molecule has 5 heteroatoms. The molecule has 0 spiro atoms. The van der Waals surface area contributed by atoms with Gasteiger partial charge in [-0.1, -0.05) is 60.7 Å². The van der Waals surface area contributed by atoms with Gasteiger partial charge in [-0.15, -0.1) is 0 Å². The Morgan fingerprint density at radius 2 is 1.55 bits per heavy atom. The molecule has 1 N–H and O–H groups in total. The third kappa shape index (κ3) is 4.30. The average Bonchev–Trinajstić information content (AvgIpc) is 3.24. The van der Waals surface area contributed by atoms with E-state index in [0.717, 1.165) is 36.6 Å². The number of benzene rings is 2. The van der Waals surface area contributed by atoms with Crippen LogP contribution in [0, 0.1) is 13.8 Å². The van der Waals surface area contributed by atoms with Gasteiger partial charge in [0.2, 0.25) is 0 Å². The van der Waals surface area contributed by atoms with Gasteiger partial charge in [-0.05, 0) is 19.4 Å². The standard InChI is InChI=1S/C24H27N5/c1-18-23(19(2)28(3)26-18)15-25-14-22-17-29(16-20-10-6-4-7-11-20)27-24(22)21-12-8-5-9-13-21/h4-13,17,25H,14-16H2,1-3H3. The lowest BCUT2D eigenvalue weighted by molar-refractivity contribution is 0.674. The highest BCUT2D eigenvalue weighted by atomic mass is 15.3. The van der Waals surface area contributed by atoms with Gasteiger partial charge in [-0.25, -0.2) is 0 Å². The quantitative estimate of drug-likeness (QED) is 0.518. The Kier molecular flexibility index (Phi) is 5.58. The Hall–Kier alpha value is -3.18. The molecule has 0 amide bonds.